The highest BCUT2D eigenvalue weighted by atomic mass is 15.0. The Kier molecular flexibility index (Phi) is 6.40. The van der Waals surface area contributed by atoms with Crippen LogP contribution in [0.25, 0.3) is 82.6 Å². The number of rotatable bonds is 4. The number of nitrogens with zero attached hydrogens (tertiary/aromatic N) is 2. The van der Waals surface area contributed by atoms with Crippen molar-refractivity contribution in [3.63, 3.8) is 0 Å². The van der Waals surface area contributed by atoms with E-state index < -0.39 is 0 Å². The number of aliphatic imine (C=N–C) groups is 1. The van der Waals surface area contributed by atoms with Crippen molar-refractivity contribution in [1.82, 2.24) is 4.57 Å². The lowest BCUT2D eigenvalue weighted by Crippen LogP contribution is -2.15. The number of aromatic nitrogens is 1. The van der Waals surface area contributed by atoms with Gasteiger partial charge in [-0.05, 0) is 108 Å². The summed E-state index contributed by atoms with van der Waals surface area (Å²) in [6, 6.07) is 60.6. The summed E-state index contributed by atoms with van der Waals surface area (Å²) in [5, 5.41) is 6.34. The van der Waals surface area contributed by atoms with Crippen LogP contribution in [0.2, 0.25) is 0 Å². The Morgan fingerprint density at radius 2 is 1.06 bits per heavy atom. The standard InChI is InChI=1S/C51H36N2/c1-51(2)45-20-12-11-17-37(45)38-25-23-36(29-46(38)51)53-47-26-22-35(27-42(47)44-30-52-31-48(44)53)34-21-24-41-43(28-34)50(33-15-7-4-8-16-33)40-19-10-9-18-39(40)49(41)32-13-5-3-6-14-32/h3-29,31H,30H2,1-2H3. The Morgan fingerprint density at radius 3 is 1.79 bits per heavy atom. The van der Waals surface area contributed by atoms with Crippen LogP contribution in [0.3, 0.4) is 0 Å². The molecule has 0 saturated carbocycles. The van der Waals surface area contributed by atoms with Gasteiger partial charge in [0, 0.05) is 28.3 Å². The molecule has 1 aliphatic heterocycles. The molecule has 0 amide bonds. The molecule has 0 N–H and O–H groups in total. The van der Waals surface area contributed by atoms with Gasteiger partial charge in [-0.25, -0.2) is 0 Å². The third kappa shape index (κ3) is 4.36. The van der Waals surface area contributed by atoms with E-state index in [4.69, 9.17) is 4.99 Å². The summed E-state index contributed by atoms with van der Waals surface area (Å²) in [7, 11) is 0. The fourth-order valence-electron chi connectivity index (χ4n) is 9.38. The van der Waals surface area contributed by atoms with Crippen molar-refractivity contribution in [3.05, 3.63) is 186 Å². The SMILES string of the molecule is CC1(C)c2ccccc2-c2ccc(-n3c4c(c5cc(-c6ccc7c(-c8ccccc8)c8ccccc8c(-c8ccccc8)c7c6)ccc53)CN=C4)cc21. The number of fused-ring (bicyclic) bond motifs is 8. The minimum absolute atomic E-state index is 0.0598. The van der Waals surface area contributed by atoms with Crippen molar-refractivity contribution >= 4 is 38.7 Å². The Bertz CT molecular complexity index is 2980. The molecule has 0 unspecified atom stereocenters. The first-order valence-electron chi connectivity index (χ1n) is 18.6. The van der Waals surface area contributed by atoms with Crippen LogP contribution in [0, 0.1) is 0 Å². The van der Waals surface area contributed by atoms with E-state index in [2.05, 4.69) is 188 Å². The molecule has 2 heterocycles. The summed E-state index contributed by atoms with van der Waals surface area (Å²) >= 11 is 0. The quantitative estimate of drug-likeness (QED) is 0.165. The zero-order valence-corrected chi connectivity index (χ0v) is 29.8. The van der Waals surface area contributed by atoms with E-state index >= 15 is 0 Å². The topological polar surface area (TPSA) is 17.3 Å². The predicted octanol–water partition coefficient (Wildman–Crippen LogP) is 13.2. The lowest BCUT2D eigenvalue weighted by molar-refractivity contribution is 0.660. The average molecular weight is 677 g/mol. The van der Waals surface area contributed by atoms with Gasteiger partial charge in [0.25, 0.3) is 0 Å². The molecule has 8 aromatic carbocycles. The highest BCUT2D eigenvalue weighted by Gasteiger charge is 2.35. The molecule has 0 spiro atoms. The third-order valence-corrected chi connectivity index (χ3v) is 11.9. The number of hydrogen-bond acceptors (Lipinski definition) is 1. The van der Waals surface area contributed by atoms with Crippen LogP contribution in [-0.4, -0.2) is 10.8 Å². The molecule has 53 heavy (non-hydrogen) atoms. The molecule has 0 bridgehead atoms. The van der Waals surface area contributed by atoms with Crippen LogP contribution in [0.4, 0.5) is 0 Å². The zero-order valence-electron chi connectivity index (χ0n) is 29.8. The molecule has 2 nitrogen and oxygen atoms in total. The molecule has 0 radical (unpaired) electrons. The summed E-state index contributed by atoms with van der Waals surface area (Å²) < 4.78 is 2.43. The lowest BCUT2D eigenvalue weighted by Gasteiger charge is -2.22. The van der Waals surface area contributed by atoms with Gasteiger partial charge in [-0.3, -0.25) is 4.99 Å². The Balaban J connectivity index is 1.11. The van der Waals surface area contributed by atoms with Gasteiger partial charge in [0.05, 0.1) is 17.8 Å². The second kappa shape index (κ2) is 11.2. The van der Waals surface area contributed by atoms with E-state index in [0.717, 1.165) is 0 Å². The van der Waals surface area contributed by atoms with Crippen molar-refractivity contribution in [1.29, 1.82) is 0 Å². The maximum Gasteiger partial charge on any atom is 0.0697 e. The van der Waals surface area contributed by atoms with Crippen molar-refractivity contribution < 1.29 is 0 Å². The number of hydrogen-bond donors (Lipinski definition) is 0. The number of benzene rings is 8. The largest absolute Gasteiger partial charge is 0.308 e. The van der Waals surface area contributed by atoms with Gasteiger partial charge >= 0.3 is 0 Å². The van der Waals surface area contributed by atoms with Gasteiger partial charge in [0.1, 0.15) is 0 Å². The van der Waals surface area contributed by atoms with Gasteiger partial charge in [-0.1, -0.05) is 147 Å². The highest BCUT2D eigenvalue weighted by Crippen LogP contribution is 2.50. The van der Waals surface area contributed by atoms with E-state index in [1.54, 1.807) is 0 Å². The summed E-state index contributed by atoms with van der Waals surface area (Å²) in [5.74, 6) is 0. The van der Waals surface area contributed by atoms with Gasteiger partial charge in [0.15, 0.2) is 0 Å². The molecule has 0 fully saturated rings. The third-order valence-electron chi connectivity index (χ3n) is 11.9. The highest BCUT2D eigenvalue weighted by molar-refractivity contribution is 6.22. The van der Waals surface area contributed by atoms with Crippen molar-refractivity contribution in [3.8, 4) is 50.2 Å². The van der Waals surface area contributed by atoms with E-state index in [0.29, 0.717) is 6.54 Å². The first kappa shape index (κ1) is 30.1. The van der Waals surface area contributed by atoms with E-state index in [1.807, 2.05) is 0 Å². The molecule has 250 valence electrons. The molecule has 9 aromatic rings. The van der Waals surface area contributed by atoms with Crippen molar-refractivity contribution in [2.75, 3.05) is 0 Å². The molecule has 0 saturated heterocycles. The van der Waals surface area contributed by atoms with Crippen LogP contribution in [0.5, 0.6) is 0 Å². The Labute approximate surface area is 309 Å². The molecule has 2 aliphatic rings. The zero-order chi connectivity index (χ0) is 35.3. The molecule has 0 atom stereocenters. The fourth-order valence-corrected chi connectivity index (χ4v) is 9.38. The van der Waals surface area contributed by atoms with Gasteiger partial charge in [0.2, 0.25) is 0 Å². The first-order chi connectivity index (χ1) is 26.1. The van der Waals surface area contributed by atoms with E-state index in [9.17, 15) is 0 Å². The fraction of sp³-hybridized carbons (Fsp3) is 0.0784. The lowest BCUT2D eigenvalue weighted by atomic mass is 9.82. The summed E-state index contributed by atoms with van der Waals surface area (Å²) in [5.41, 5.74) is 17.8. The van der Waals surface area contributed by atoms with E-state index in [1.165, 1.54) is 105 Å². The Hall–Kier alpha value is -6.51. The minimum atomic E-state index is -0.0598. The summed E-state index contributed by atoms with van der Waals surface area (Å²) in [6.45, 7) is 5.41. The van der Waals surface area contributed by atoms with Crippen molar-refractivity contribution in [2.24, 2.45) is 4.99 Å². The second-order valence-corrected chi connectivity index (χ2v) is 15.1. The van der Waals surface area contributed by atoms with Crippen LogP contribution < -0.4 is 0 Å². The smallest absolute Gasteiger partial charge is 0.0697 e. The van der Waals surface area contributed by atoms with Gasteiger partial charge in [-0.15, -0.1) is 0 Å². The first-order valence-corrected chi connectivity index (χ1v) is 18.6. The molecule has 1 aromatic heterocycles. The van der Waals surface area contributed by atoms with Gasteiger partial charge < -0.3 is 4.57 Å². The normalized spacial score (nSPS) is 13.8. The molecule has 11 rings (SSSR count). The monoisotopic (exact) mass is 676 g/mol. The van der Waals surface area contributed by atoms with Crippen LogP contribution in [0.15, 0.2) is 169 Å². The van der Waals surface area contributed by atoms with Gasteiger partial charge in [-0.2, -0.15) is 0 Å². The summed E-state index contributed by atoms with van der Waals surface area (Å²) in [6.07, 6.45) is 2.07. The predicted molar refractivity (Wildman–Crippen MR) is 223 cm³/mol. The molecular formula is C51H36N2. The second-order valence-electron chi connectivity index (χ2n) is 15.1. The van der Waals surface area contributed by atoms with Crippen LogP contribution in [0.1, 0.15) is 36.2 Å². The molecule has 2 heteroatoms. The average Bonchev–Trinajstić information content (AvgIpc) is 3.87. The summed E-state index contributed by atoms with van der Waals surface area (Å²) in [4.78, 5) is 4.79. The van der Waals surface area contributed by atoms with Crippen LogP contribution in [-0.2, 0) is 12.0 Å². The molecular weight excluding hydrogens is 641 g/mol. The van der Waals surface area contributed by atoms with E-state index in [-0.39, 0.29) is 5.41 Å². The maximum atomic E-state index is 4.79. The van der Waals surface area contributed by atoms with Crippen LogP contribution >= 0.6 is 0 Å². The maximum absolute atomic E-state index is 4.79. The van der Waals surface area contributed by atoms with Crippen molar-refractivity contribution in [2.45, 2.75) is 25.8 Å². The minimum Gasteiger partial charge on any atom is -0.308 e. The molecule has 1 aliphatic carbocycles. The Morgan fingerprint density at radius 1 is 0.472 bits per heavy atom.